The average Bonchev–Trinajstić information content (AvgIpc) is 2.94. The van der Waals surface area contributed by atoms with Crippen LogP contribution < -0.4 is 0 Å². The zero-order valence-corrected chi connectivity index (χ0v) is 13.5. The van der Waals surface area contributed by atoms with Crippen molar-refractivity contribution in [2.75, 3.05) is 13.1 Å². The maximum atomic E-state index is 13.0. The van der Waals surface area contributed by atoms with Gasteiger partial charge >= 0.3 is 0 Å². The highest BCUT2D eigenvalue weighted by molar-refractivity contribution is 6.01. The van der Waals surface area contributed by atoms with Gasteiger partial charge in [-0.25, -0.2) is 4.39 Å². The van der Waals surface area contributed by atoms with Crippen molar-refractivity contribution >= 4 is 11.6 Å². The van der Waals surface area contributed by atoms with Gasteiger partial charge in [0.15, 0.2) is 6.10 Å². The van der Waals surface area contributed by atoms with Gasteiger partial charge in [0, 0.05) is 18.9 Å². The zero-order valence-electron chi connectivity index (χ0n) is 13.5. The molecule has 23 heavy (non-hydrogen) atoms. The second-order valence-electron chi connectivity index (χ2n) is 6.39. The van der Waals surface area contributed by atoms with Crippen LogP contribution in [-0.4, -0.2) is 35.7 Å². The monoisotopic (exact) mass is 318 g/mol. The molecule has 0 aromatic heterocycles. The van der Waals surface area contributed by atoms with E-state index in [2.05, 4.69) is 12.1 Å². The lowest BCUT2D eigenvalue weighted by molar-refractivity contribution is -0.140. The molecule has 0 N–H and O–H groups in total. The SMILES string of the molecule is CCCN(C[C@H]1CC(c2ccc(F)cc2)=NO1)C(=O)C1CCC1. The van der Waals surface area contributed by atoms with Crippen LogP contribution in [0.4, 0.5) is 4.39 Å². The van der Waals surface area contributed by atoms with Gasteiger partial charge in [-0.3, -0.25) is 4.79 Å². The van der Waals surface area contributed by atoms with Crippen molar-refractivity contribution in [2.24, 2.45) is 11.1 Å². The van der Waals surface area contributed by atoms with Crippen molar-refractivity contribution in [3.8, 4) is 0 Å². The van der Waals surface area contributed by atoms with E-state index < -0.39 is 0 Å². The Morgan fingerprint density at radius 1 is 1.35 bits per heavy atom. The van der Waals surface area contributed by atoms with Crippen LogP contribution in [0.15, 0.2) is 29.4 Å². The number of halogens is 1. The summed E-state index contributed by atoms with van der Waals surface area (Å²) in [7, 11) is 0. The molecule has 5 heteroatoms. The quantitative estimate of drug-likeness (QED) is 0.807. The molecule has 0 radical (unpaired) electrons. The molecule has 3 rings (SSSR count). The predicted octanol–water partition coefficient (Wildman–Crippen LogP) is 3.36. The summed E-state index contributed by atoms with van der Waals surface area (Å²) in [5.41, 5.74) is 1.70. The van der Waals surface area contributed by atoms with E-state index in [-0.39, 0.29) is 23.7 Å². The number of oxime groups is 1. The summed E-state index contributed by atoms with van der Waals surface area (Å²) in [4.78, 5) is 19.9. The standard InChI is InChI=1S/C18H23FN2O2/c1-2-10-21(18(22)14-4-3-5-14)12-16-11-17(20-23-16)13-6-8-15(19)9-7-13/h6-9,14,16H,2-5,10-12H2,1H3/t16-/m1/s1. The number of carbonyl (C=O) groups excluding carboxylic acids is 1. The molecular formula is C18H23FN2O2. The Balaban J connectivity index is 1.57. The number of nitrogens with zero attached hydrogens (tertiary/aromatic N) is 2. The summed E-state index contributed by atoms with van der Waals surface area (Å²) in [5, 5.41) is 4.12. The zero-order chi connectivity index (χ0) is 16.2. The first-order chi connectivity index (χ1) is 11.2. The van der Waals surface area contributed by atoms with E-state index >= 15 is 0 Å². The molecule has 2 aliphatic rings. The Morgan fingerprint density at radius 2 is 2.09 bits per heavy atom. The third kappa shape index (κ3) is 3.71. The third-order valence-electron chi connectivity index (χ3n) is 4.59. The summed E-state index contributed by atoms with van der Waals surface area (Å²) in [6.45, 7) is 3.43. The van der Waals surface area contributed by atoms with Crippen LogP contribution in [0, 0.1) is 11.7 Å². The van der Waals surface area contributed by atoms with Crippen LogP contribution in [0.2, 0.25) is 0 Å². The van der Waals surface area contributed by atoms with Crippen molar-refractivity contribution < 1.29 is 14.0 Å². The number of amides is 1. The smallest absolute Gasteiger partial charge is 0.225 e. The molecule has 1 fully saturated rings. The fourth-order valence-electron chi connectivity index (χ4n) is 3.06. The number of benzene rings is 1. The largest absolute Gasteiger partial charge is 0.390 e. The molecule has 1 heterocycles. The van der Waals surface area contributed by atoms with E-state index in [0.29, 0.717) is 13.0 Å². The van der Waals surface area contributed by atoms with Crippen molar-refractivity contribution in [1.82, 2.24) is 4.90 Å². The van der Waals surface area contributed by atoms with Crippen LogP contribution in [0.5, 0.6) is 0 Å². The number of carbonyl (C=O) groups is 1. The normalized spacial score (nSPS) is 20.6. The molecule has 4 nitrogen and oxygen atoms in total. The van der Waals surface area contributed by atoms with Gasteiger partial charge in [0.1, 0.15) is 5.82 Å². The molecule has 1 aromatic rings. The highest BCUT2D eigenvalue weighted by Gasteiger charge is 2.32. The van der Waals surface area contributed by atoms with Crippen LogP contribution in [0.25, 0.3) is 0 Å². The molecule has 0 unspecified atom stereocenters. The van der Waals surface area contributed by atoms with E-state index in [1.54, 1.807) is 12.1 Å². The van der Waals surface area contributed by atoms with Gasteiger partial charge in [0.25, 0.3) is 0 Å². The van der Waals surface area contributed by atoms with Crippen LogP contribution in [0.1, 0.15) is 44.6 Å². The second-order valence-corrected chi connectivity index (χ2v) is 6.39. The molecule has 124 valence electrons. The first-order valence-corrected chi connectivity index (χ1v) is 8.44. The van der Waals surface area contributed by atoms with E-state index in [0.717, 1.165) is 43.5 Å². The van der Waals surface area contributed by atoms with Crippen molar-refractivity contribution in [2.45, 2.75) is 45.1 Å². The number of hydrogen-bond acceptors (Lipinski definition) is 3. The van der Waals surface area contributed by atoms with E-state index in [1.807, 2.05) is 4.90 Å². The Morgan fingerprint density at radius 3 is 2.70 bits per heavy atom. The first-order valence-electron chi connectivity index (χ1n) is 8.44. The lowest BCUT2D eigenvalue weighted by Gasteiger charge is -2.32. The maximum Gasteiger partial charge on any atom is 0.225 e. The van der Waals surface area contributed by atoms with Gasteiger partial charge in [-0.05, 0) is 37.0 Å². The molecular weight excluding hydrogens is 295 g/mol. The molecule has 0 bridgehead atoms. The van der Waals surface area contributed by atoms with Crippen molar-refractivity contribution in [3.05, 3.63) is 35.6 Å². The van der Waals surface area contributed by atoms with Gasteiger partial charge in [-0.2, -0.15) is 0 Å². The van der Waals surface area contributed by atoms with Crippen LogP contribution in [0.3, 0.4) is 0 Å². The Hall–Kier alpha value is -1.91. The molecule has 1 aromatic carbocycles. The van der Waals surface area contributed by atoms with Crippen molar-refractivity contribution in [3.63, 3.8) is 0 Å². The topological polar surface area (TPSA) is 41.9 Å². The lowest BCUT2D eigenvalue weighted by atomic mass is 9.84. The molecule has 1 amide bonds. The average molecular weight is 318 g/mol. The molecule has 1 saturated carbocycles. The first kappa shape index (κ1) is 16.0. The van der Waals surface area contributed by atoms with E-state index in [4.69, 9.17) is 4.84 Å². The molecule has 1 atom stereocenters. The summed E-state index contributed by atoms with van der Waals surface area (Å²) >= 11 is 0. The second kappa shape index (κ2) is 7.11. The number of hydrogen-bond donors (Lipinski definition) is 0. The molecule has 0 spiro atoms. The van der Waals surface area contributed by atoms with Gasteiger partial charge < -0.3 is 9.74 Å². The maximum absolute atomic E-state index is 13.0. The molecule has 1 aliphatic carbocycles. The predicted molar refractivity (Wildman–Crippen MR) is 86.6 cm³/mol. The minimum atomic E-state index is -0.259. The summed E-state index contributed by atoms with van der Waals surface area (Å²) in [6, 6.07) is 6.27. The number of rotatable bonds is 6. The minimum Gasteiger partial charge on any atom is -0.390 e. The van der Waals surface area contributed by atoms with Crippen molar-refractivity contribution in [1.29, 1.82) is 0 Å². The minimum absolute atomic E-state index is 0.106. The fourth-order valence-corrected chi connectivity index (χ4v) is 3.06. The van der Waals surface area contributed by atoms with E-state index in [1.165, 1.54) is 12.1 Å². The summed E-state index contributed by atoms with van der Waals surface area (Å²) in [6.07, 6.45) is 4.68. The van der Waals surface area contributed by atoms with Gasteiger partial charge in [0.05, 0.1) is 12.3 Å². The van der Waals surface area contributed by atoms with Crippen LogP contribution in [-0.2, 0) is 9.63 Å². The fraction of sp³-hybridized carbons (Fsp3) is 0.556. The Kier molecular flexibility index (Phi) is 4.94. The Labute approximate surface area is 136 Å². The molecule has 0 saturated heterocycles. The lowest BCUT2D eigenvalue weighted by Crippen LogP contribution is -2.43. The summed E-state index contributed by atoms with van der Waals surface area (Å²) < 4.78 is 13.0. The third-order valence-corrected chi connectivity index (χ3v) is 4.59. The highest BCUT2D eigenvalue weighted by atomic mass is 19.1. The van der Waals surface area contributed by atoms with Gasteiger partial charge in [-0.15, -0.1) is 0 Å². The Bertz CT molecular complexity index is 581. The molecule has 1 aliphatic heterocycles. The van der Waals surface area contributed by atoms with E-state index in [9.17, 15) is 9.18 Å². The van der Waals surface area contributed by atoms with Crippen LogP contribution >= 0.6 is 0 Å². The van der Waals surface area contributed by atoms with Gasteiger partial charge in [-0.1, -0.05) is 30.6 Å². The highest BCUT2D eigenvalue weighted by Crippen LogP contribution is 2.29. The van der Waals surface area contributed by atoms with Gasteiger partial charge in [0.2, 0.25) is 5.91 Å². The summed E-state index contributed by atoms with van der Waals surface area (Å²) in [5.74, 6) is 0.211.